The molecule has 7 nitrogen and oxygen atoms in total. The summed E-state index contributed by atoms with van der Waals surface area (Å²) in [7, 11) is -0.733. The molecule has 0 aliphatic rings. The van der Waals surface area contributed by atoms with Crippen molar-refractivity contribution in [2.45, 2.75) is 24.3 Å². The van der Waals surface area contributed by atoms with Crippen molar-refractivity contribution in [2.75, 3.05) is 14.1 Å². The number of carboxylic acids is 1. The van der Waals surface area contributed by atoms with Gasteiger partial charge in [-0.3, -0.25) is 9.59 Å². The number of amides is 1. The average Bonchev–Trinajstić information content (AvgIpc) is 2.61. The molecule has 0 radical (unpaired) electrons. The topological polar surface area (TPSA) is 104 Å². The van der Waals surface area contributed by atoms with Gasteiger partial charge in [0.05, 0.1) is 17.4 Å². The zero-order valence-corrected chi connectivity index (χ0v) is 16.2. The molecule has 0 heterocycles. The highest BCUT2D eigenvalue weighted by molar-refractivity contribution is 7.89. The second kappa shape index (κ2) is 8.32. The molecule has 0 spiro atoms. The molecule has 0 saturated carbocycles. The second-order valence-electron chi connectivity index (χ2n) is 6.29. The van der Waals surface area contributed by atoms with E-state index in [0.717, 1.165) is 15.4 Å². The fourth-order valence-electron chi connectivity index (χ4n) is 2.62. The number of sulfonamides is 1. The zero-order valence-electron chi connectivity index (χ0n) is 15.3. The Bertz CT molecular complexity index is 937. The standard InChI is InChI=1S/C19H22N2O5S/c1-13-6-4-5-7-16(13)17(12-18(22)23)20-19(24)14-8-10-15(11-9-14)27(25,26)21(2)3/h4-11,17H,12H2,1-3H3,(H,20,24)(H,22,23). The Morgan fingerprint density at radius 1 is 1.07 bits per heavy atom. The minimum atomic E-state index is -3.58. The maximum Gasteiger partial charge on any atom is 0.305 e. The van der Waals surface area contributed by atoms with Crippen molar-refractivity contribution in [3.63, 3.8) is 0 Å². The third-order valence-corrected chi connectivity index (χ3v) is 5.97. The first-order chi connectivity index (χ1) is 12.6. The van der Waals surface area contributed by atoms with Crippen LogP contribution < -0.4 is 5.32 Å². The van der Waals surface area contributed by atoms with E-state index in [4.69, 9.17) is 0 Å². The molecule has 0 aliphatic heterocycles. The number of rotatable bonds is 7. The quantitative estimate of drug-likeness (QED) is 0.754. The SMILES string of the molecule is Cc1ccccc1C(CC(=O)O)NC(=O)c1ccc(S(=O)(=O)N(C)C)cc1. The lowest BCUT2D eigenvalue weighted by Gasteiger charge is -2.19. The van der Waals surface area contributed by atoms with Gasteiger partial charge < -0.3 is 10.4 Å². The summed E-state index contributed by atoms with van der Waals surface area (Å²) in [4.78, 5) is 23.8. The average molecular weight is 390 g/mol. The first-order valence-corrected chi connectivity index (χ1v) is 9.67. The Morgan fingerprint density at radius 2 is 1.67 bits per heavy atom. The Hall–Kier alpha value is -2.71. The van der Waals surface area contributed by atoms with E-state index in [1.165, 1.54) is 38.4 Å². The smallest absolute Gasteiger partial charge is 0.305 e. The summed E-state index contributed by atoms with van der Waals surface area (Å²) in [5.41, 5.74) is 1.84. The molecule has 0 aromatic heterocycles. The van der Waals surface area contributed by atoms with Crippen LogP contribution >= 0.6 is 0 Å². The summed E-state index contributed by atoms with van der Waals surface area (Å²) in [6.07, 6.45) is -0.260. The van der Waals surface area contributed by atoms with Gasteiger partial charge in [0.15, 0.2) is 0 Å². The first-order valence-electron chi connectivity index (χ1n) is 8.23. The van der Waals surface area contributed by atoms with Crippen molar-refractivity contribution >= 4 is 21.9 Å². The molecule has 1 unspecified atom stereocenters. The maximum absolute atomic E-state index is 12.6. The van der Waals surface area contributed by atoms with Crippen LogP contribution in [0.3, 0.4) is 0 Å². The van der Waals surface area contributed by atoms with Crippen LogP contribution in [0, 0.1) is 6.92 Å². The summed E-state index contributed by atoms with van der Waals surface area (Å²) < 4.78 is 25.3. The number of carbonyl (C=O) groups is 2. The summed E-state index contributed by atoms with van der Waals surface area (Å²) >= 11 is 0. The predicted octanol–water partition coefficient (Wildman–Crippen LogP) is 2.19. The van der Waals surface area contributed by atoms with Crippen LogP contribution in [0.25, 0.3) is 0 Å². The molecule has 2 aromatic carbocycles. The molecule has 2 aromatic rings. The lowest BCUT2D eigenvalue weighted by molar-refractivity contribution is -0.137. The molecular formula is C19H22N2O5S. The lowest BCUT2D eigenvalue weighted by atomic mass is 9.98. The van der Waals surface area contributed by atoms with Crippen LogP contribution in [0.1, 0.15) is 33.9 Å². The number of carboxylic acid groups (broad SMARTS) is 1. The van der Waals surface area contributed by atoms with Gasteiger partial charge in [0.2, 0.25) is 10.0 Å². The fraction of sp³-hybridized carbons (Fsp3) is 0.263. The van der Waals surface area contributed by atoms with Gasteiger partial charge in [-0.05, 0) is 42.3 Å². The van der Waals surface area contributed by atoms with Gasteiger partial charge in [-0.2, -0.15) is 0 Å². The van der Waals surface area contributed by atoms with Gasteiger partial charge in [0, 0.05) is 19.7 Å². The van der Waals surface area contributed by atoms with E-state index in [1.54, 1.807) is 12.1 Å². The lowest BCUT2D eigenvalue weighted by Crippen LogP contribution is -2.30. The van der Waals surface area contributed by atoms with Gasteiger partial charge in [-0.15, -0.1) is 0 Å². The monoisotopic (exact) mass is 390 g/mol. The number of nitrogens with zero attached hydrogens (tertiary/aromatic N) is 1. The summed E-state index contributed by atoms with van der Waals surface area (Å²) in [6.45, 7) is 1.84. The number of hydrogen-bond acceptors (Lipinski definition) is 4. The highest BCUT2D eigenvalue weighted by Gasteiger charge is 2.21. The molecular weight excluding hydrogens is 368 g/mol. The van der Waals surface area contributed by atoms with Gasteiger partial charge in [-0.1, -0.05) is 24.3 Å². The van der Waals surface area contributed by atoms with Crippen molar-refractivity contribution < 1.29 is 23.1 Å². The largest absolute Gasteiger partial charge is 0.481 e. The maximum atomic E-state index is 12.6. The van der Waals surface area contributed by atoms with Gasteiger partial charge in [-0.25, -0.2) is 12.7 Å². The molecule has 0 fully saturated rings. The molecule has 2 rings (SSSR count). The van der Waals surface area contributed by atoms with Gasteiger partial charge in [0.25, 0.3) is 5.91 Å². The molecule has 144 valence electrons. The highest BCUT2D eigenvalue weighted by Crippen LogP contribution is 2.22. The number of carbonyl (C=O) groups excluding carboxylic acids is 1. The normalized spacial score (nSPS) is 12.6. The van der Waals surface area contributed by atoms with E-state index in [-0.39, 0.29) is 16.9 Å². The predicted molar refractivity (Wildman–Crippen MR) is 101 cm³/mol. The summed E-state index contributed by atoms with van der Waals surface area (Å²) in [5, 5.41) is 11.9. The van der Waals surface area contributed by atoms with Gasteiger partial charge >= 0.3 is 5.97 Å². The Labute approximate surface area is 158 Å². The van der Waals surface area contributed by atoms with E-state index in [9.17, 15) is 23.1 Å². The van der Waals surface area contributed by atoms with E-state index in [2.05, 4.69) is 5.32 Å². The Kier molecular flexibility index (Phi) is 6.35. The number of benzene rings is 2. The third kappa shape index (κ3) is 4.93. The van der Waals surface area contributed by atoms with Crippen molar-refractivity contribution in [2.24, 2.45) is 0 Å². The number of aryl methyl sites for hydroxylation is 1. The first kappa shape index (κ1) is 20.6. The Morgan fingerprint density at radius 3 is 2.19 bits per heavy atom. The molecule has 1 amide bonds. The van der Waals surface area contributed by atoms with Crippen LogP contribution in [-0.4, -0.2) is 43.8 Å². The Balaban J connectivity index is 2.25. The van der Waals surface area contributed by atoms with E-state index >= 15 is 0 Å². The number of aliphatic carboxylic acids is 1. The minimum Gasteiger partial charge on any atom is -0.481 e. The zero-order chi connectivity index (χ0) is 20.2. The third-order valence-electron chi connectivity index (χ3n) is 4.14. The van der Waals surface area contributed by atoms with Crippen LogP contribution in [0.15, 0.2) is 53.4 Å². The van der Waals surface area contributed by atoms with Crippen molar-refractivity contribution in [3.05, 3.63) is 65.2 Å². The van der Waals surface area contributed by atoms with Crippen LogP contribution in [0.2, 0.25) is 0 Å². The van der Waals surface area contributed by atoms with Crippen LogP contribution in [-0.2, 0) is 14.8 Å². The molecule has 0 bridgehead atoms. The summed E-state index contributed by atoms with van der Waals surface area (Å²) in [6, 6.07) is 12.1. The van der Waals surface area contributed by atoms with Crippen LogP contribution in [0.5, 0.6) is 0 Å². The van der Waals surface area contributed by atoms with Crippen molar-refractivity contribution in [1.29, 1.82) is 0 Å². The van der Waals surface area contributed by atoms with Crippen LogP contribution in [0.4, 0.5) is 0 Å². The molecule has 2 N–H and O–H groups in total. The number of hydrogen-bond donors (Lipinski definition) is 2. The highest BCUT2D eigenvalue weighted by atomic mass is 32.2. The van der Waals surface area contributed by atoms with Gasteiger partial charge in [0.1, 0.15) is 0 Å². The van der Waals surface area contributed by atoms with Crippen molar-refractivity contribution in [1.82, 2.24) is 9.62 Å². The fourth-order valence-corrected chi connectivity index (χ4v) is 3.52. The molecule has 27 heavy (non-hydrogen) atoms. The minimum absolute atomic E-state index is 0.0741. The van der Waals surface area contributed by atoms with Crippen molar-refractivity contribution in [3.8, 4) is 0 Å². The van der Waals surface area contributed by atoms with E-state index < -0.39 is 27.9 Å². The molecule has 0 saturated heterocycles. The van der Waals surface area contributed by atoms with E-state index in [1.807, 2.05) is 19.1 Å². The summed E-state index contributed by atoms with van der Waals surface area (Å²) in [5.74, 6) is -1.51. The second-order valence-corrected chi connectivity index (χ2v) is 8.44. The molecule has 0 aliphatic carbocycles. The van der Waals surface area contributed by atoms with E-state index in [0.29, 0.717) is 0 Å². The number of nitrogens with one attached hydrogen (secondary N) is 1. The molecule has 8 heteroatoms. The molecule has 1 atom stereocenters.